The molecule has 1 fully saturated rings. The number of benzene rings is 1. The topological polar surface area (TPSA) is 58.6 Å². The molecule has 0 saturated carbocycles. The van der Waals surface area contributed by atoms with E-state index in [2.05, 4.69) is 10.1 Å². The first kappa shape index (κ1) is 11.4. The van der Waals surface area contributed by atoms with E-state index in [1.165, 1.54) is 7.11 Å². The molecule has 1 saturated heterocycles. The molecule has 0 aromatic heterocycles. The highest BCUT2D eigenvalue weighted by Gasteiger charge is 2.21. The zero-order valence-electron chi connectivity index (χ0n) is 9.60. The van der Waals surface area contributed by atoms with E-state index in [1.807, 2.05) is 6.07 Å². The minimum absolute atomic E-state index is 0.125. The van der Waals surface area contributed by atoms with Crippen LogP contribution < -0.4 is 10.2 Å². The van der Waals surface area contributed by atoms with Crippen molar-refractivity contribution in [2.24, 2.45) is 0 Å². The lowest BCUT2D eigenvalue weighted by Gasteiger charge is -2.16. The van der Waals surface area contributed by atoms with Crippen LogP contribution in [-0.4, -0.2) is 25.7 Å². The van der Waals surface area contributed by atoms with Gasteiger partial charge in [0.1, 0.15) is 0 Å². The SMILES string of the molecule is COC(=O)Nc1cccc(N2CCCC2=O)c1. The van der Waals surface area contributed by atoms with Crippen LogP contribution in [0.4, 0.5) is 16.2 Å². The van der Waals surface area contributed by atoms with Gasteiger partial charge in [-0.25, -0.2) is 4.79 Å². The molecule has 0 unspecified atom stereocenters. The second-order valence-corrected chi connectivity index (χ2v) is 3.82. The molecule has 1 aliphatic rings. The molecule has 1 aromatic rings. The zero-order valence-corrected chi connectivity index (χ0v) is 9.60. The second-order valence-electron chi connectivity index (χ2n) is 3.82. The van der Waals surface area contributed by atoms with Gasteiger partial charge < -0.3 is 9.64 Å². The number of amides is 2. The first-order chi connectivity index (χ1) is 8.20. The minimum atomic E-state index is -0.519. The van der Waals surface area contributed by atoms with Crippen molar-refractivity contribution in [2.45, 2.75) is 12.8 Å². The summed E-state index contributed by atoms with van der Waals surface area (Å²) in [6.07, 6.45) is 0.956. The van der Waals surface area contributed by atoms with Crippen molar-refractivity contribution < 1.29 is 14.3 Å². The molecule has 0 atom stereocenters. The van der Waals surface area contributed by atoms with Gasteiger partial charge in [0.15, 0.2) is 0 Å². The van der Waals surface area contributed by atoms with E-state index < -0.39 is 6.09 Å². The van der Waals surface area contributed by atoms with E-state index in [4.69, 9.17) is 0 Å². The Labute approximate surface area is 99.4 Å². The molecule has 2 rings (SSSR count). The van der Waals surface area contributed by atoms with E-state index in [1.54, 1.807) is 23.1 Å². The van der Waals surface area contributed by atoms with E-state index in [-0.39, 0.29) is 5.91 Å². The Balaban J connectivity index is 2.16. The maximum absolute atomic E-state index is 11.6. The maximum Gasteiger partial charge on any atom is 0.411 e. The summed E-state index contributed by atoms with van der Waals surface area (Å²) in [7, 11) is 1.31. The van der Waals surface area contributed by atoms with E-state index in [0.717, 1.165) is 18.7 Å². The molecule has 1 N–H and O–H groups in total. The van der Waals surface area contributed by atoms with Gasteiger partial charge in [-0.15, -0.1) is 0 Å². The summed E-state index contributed by atoms with van der Waals surface area (Å²) >= 11 is 0. The monoisotopic (exact) mass is 234 g/mol. The fourth-order valence-electron chi connectivity index (χ4n) is 1.84. The number of rotatable bonds is 2. The molecule has 90 valence electrons. The predicted molar refractivity (Wildman–Crippen MR) is 64.1 cm³/mol. The third-order valence-corrected chi connectivity index (χ3v) is 2.66. The quantitative estimate of drug-likeness (QED) is 0.851. The van der Waals surface area contributed by atoms with Gasteiger partial charge in [-0.05, 0) is 24.6 Å². The molecule has 5 nitrogen and oxygen atoms in total. The summed E-state index contributed by atoms with van der Waals surface area (Å²) in [5, 5.41) is 2.57. The summed E-state index contributed by atoms with van der Waals surface area (Å²) in [5.41, 5.74) is 1.43. The van der Waals surface area contributed by atoms with Crippen molar-refractivity contribution in [3.8, 4) is 0 Å². The van der Waals surface area contributed by atoms with Crippen LogP contribution in [0.3, 0.4) is 0 Å². The standard InChI is InChI=1S/C12H14N2O3/c1-17-12(16)13-9-4-2-5-10(8-9)14-7-3-6-11(14)15/h2,4-5,8H,3,6-7H2,1H3,(H,13,16). The Morgan fingerprint density at radius 3 is 2.94 bits per heavy atom. The minimum Gasteiger partial charge on any atom is -0.453 e. The summed E-state index contributed by atoms with van der Waals surface area (Å²) in [6, 6.07) is 7.17. The van der Waals surface area contributed by atoms with Crippen LogP contribution in [-0.2, 0) is 9.53 Å². The number of hydrogen-bond acceptors (Lipinski definition) is 3. The third kappa shape index (κ3) is 2.55. The van der Waals surface area contributed by atoms with Gasteiger partial charge in [0.2, 0.25) is 5.91 Å². The van der Waals surface area contributed by atoms with E-state index in [0.29, 0.717) is 12.1 Å². The van der Waals surface area contributed by atoms with Gasteiger partial charge in [0, 0.05) is 24.3 Å². The number of nitrogens with zero attached hydrogens (tertiary/aromatic N) is 1. The Morgan fingerprint density at radius 1 is 1.47 bits per heavy atom. The second kappa shape index (κ2) is 4.86. The molecule has 0 spiro atoms. The van der Waals surface area contributed by atoms with Crippen molar-refractivity contribution in [1.82, 2.24) is 0 Å². The van der Waals surface area contributed by atoms with Crippen molar-refractivity contribution in [2.75, 3.05) is 23.9 Å². The van der Waals surface area contributed by atoms with Crippen LogP contribution in [0.2, 0.25) is 0 Å². The van der Waals surface area contributed by atoms with Gasteiger partial charge >= 0.3 is 6.09 Å². The van der Waals surface area contributed by atoms with E-state index in [9.17, 15) is 9.59 Å². The Hall–Kier alpha value is -2.04. The van der Waals surface area contributed by atoms with Gasteiger partial charge in [-0.2, -0.15) is 0 Å². The van der Waals surface area contributed by atoms with Crippen molar-refractivity contribution in [3.63, 3.8) is 0 Å². The number of hydrogen-bond donors (Lipinski definition) is 1. The fraction of sp³-hybridized carbons (Fsp3) is 0.333. The highest BCUT2D eigenvalue weighted by molar-refractivity contribution is 5.96. The van der Waals surface area contributed by atoms with Gasteiger partial charge in [-0.3, -0.25) is 10.1 Å². The fourth-order valence-corrected chi connectivity index (χ4v) is 1.84. The normalized spacial score (nSPS) is 14.9. The van der Waals surface area contributed by atoms with Crippen LogP contribution in [0.1, 0.15) is 12.8 Å². The van der Waals surface area contributed by atoms with Gasteiger partial charge in [-0.1, -0.05) is 6.07 Å². The number of ether oxygens (including phenoxy) is 1. The zero-order chi connectivity index (χ0) is 12.3. The molecule has 0 radical (unpaired) electrons. The van der Waals surface area contributed by atoms with Crippen LogP contribution in [0, 0.1) is 0 Å². The Bertz CT molecular complexity index is 445. The molecule has 17 heavy (non-hydrogen) atoms. The first-order valence-electron chi connectivity index (χ1n) is 5.46. The Kier molecular flexibility index (Phi) is 3.27. The van der Waals surface area contributed by atoms with Crippen LogP contribution in [0.5, 0.6) is 0 Å². The van der Waals surface area contributed by atoms with Crippen LogP contribution in [0.25, 0.3) is 0 Å². The average molecular weight is 234 g/mol. The smallest absolute Gasteiger partial charge is 0.411 e. The highest BCUT2D eigenvalue weighted by atomic mass is 16.5. The number of anilines is 2. The summed E-state index contributed by atoms with van der Waals surface area (Å²) in [6.45, 7) is 0.737. The molecular weight excluding hydrogens is 220 g/mol. The summed E-state index contributed by atoms with van der Waals surface area (Å²) < 4.78 is 4.51. The van der Waals surface area contributed by atoms with Gasteiger partial charge in [0.25, 0.3) is 0 Å². The molecular formula is C12H14N2O3. The van der Waals surface area contributed by atoms with Crippen molar-refractivity contribution >= 4 is 23.4 Å². The molecule has 1 heterocycles. The van der Waals surface area contributed by atoms with Crippen LogP contribution >= 0.6 is 0 Å². The number of carbonyl (C=O) groups excluding carboxylic acids is 2. The molecule has 1 aliphatic heterocycles. The van der Waals surface area contributed by atoms with Crippen molar-refractivity contribution in [1.29, 1.82) is 0 Å². The largest absolute Gasteiger partial charge is 0.453 e. The molecule has 2 amide bonds. The highest BCUT2D eigenvalue weighted by Crippen LogP contribution is 2.24. The third-order valence-electron chi connectivity index (χ3n) is 2.66. The van der Waals surface area contributed by atoms with Gasteiger partial charge in [0.05, 0.1) is 7.11 Å². The number of methoxy groups -OCH3 is 1. The predicted octanol–water partition coefficient (Wildman–Crippen LogP) is 1.99. The maximum atomic E-state index is 11.6. The first-order valence-corrected chi connectivity index (χ1v) is 5.46. The van der Waals surface area contributed by atoms with Crippen molar-refractivity contribution in [3.05, 3.63) is 24.3 Å². The molecule has 5 heteroatoms. The molecule has 1 aromatic carbocycles. The molecule has 0 bridgehead atoms. The average Bonchev–Trinajstić information content (AvgIpc) is 2.75. The lowest BCUT2D eigenvalue weighted by atomic mass is 10.2. The number of nitrogens with one attached hydrogen (secondary N) is 1. The summed E-state index contributed by atoms with van der Waals surface area (Å²) in [4.78, 5) is 24.4. The van der Waals surface area contributed by atoms with Crippen LogP contribution in [0.15, 0.2) is 24.3 Å². The van der Waals surface area contributed by atoms with E-state index >= 15 is 0 Å². The Morgan fingerprint density at radius 2 is 2.29 bits per heavy atom. The molecule has 0 aliphatic carbocycles. The lowest BCUT2D eigenvalue weighted by molar-refractivity contribution is -0.117. The summed E-state index contributed by atoms with van der Waals surface area (Å²) in [5.74, 6) is 0.125. The number of carbonyl (C=O) groups is 2. The lowest BCUT2D eigenvalue weighted by Crippen LogP contribution is -2.23.